The molecule has 0 spiro atoms. The van der Waals surface area contributed by atoms with Crippen molar-refractivity contribution >= 4 is 63.7 Å². The highest BCUT2D eigenvalue weighted by atomic mass is 35.5. The maximum absolute atomic E-state index is 12.0. The van der Waals surface area contributed by atoms with Gasteiger partial charge in [0, 0.05) is 22.3 Å². The average Bonchev–Trinajstić information content (AvgIpc) is 2.68. The van der Waals surface area contributed by atoms with Crippen LogP contribution in [0.15, 0.2) is 60.7 Å². The topological polar surface area (TPSA) is 50.4 Å². The van der Waals surface area contributed by atoms with E-state index in [4.69, 9.17) is 51.1 Å². The summed E-state index contributed by atoms with van der Waals surface area (Å²) in [5, 5.41) is 8.06. The van der Waals surface area contributed by atoms with Crippen LogP contribution in [0.5, 0.6) is 5.75 Å². The van der Waals surface area contributed by atoms with Gasteiger partial charge in [-0.15, -0.1) is 0 Å². The van der Waals surface area contributed by atoms with E-state index in [2.05, 4.69) is 10.6 Å². The van der Waals surface area contributed by atoms with E-state index in [1.165, 1.54) is 0 Å². The van der Waals surface area contributed by atoms with Crippen molar-refractivity contribution in [3.8, 4) is 5.75 Å². The summed E-state index contributed by atoms with van der Waals surface area (Å²) in [6.07, 6.45) is 0. The number of rotatable bonds is 7. The monoisotopic (exact) mass is 468 g/mol. The van der Waals surface area contributed by atoms with E-state index in [0.29, 0.717) is 38.1 Å². The Morgan fingerprint density at radius 1 is 0.828 bits per heavy atom. The minimum absolute atomic E-state index is 0.166. The number of ether oxygens (including phenoxy) is 1. The number of nitrogens with one attached hydrogen (secondary N) is 2. The van der Waals surface area contributed by atoms with Crippen molar-refractivity contribution in [1.29, 1.82) is 0 Å². The van der Waals surface area contributed by atoms with Crippen LogP contribution in [-0.2, 0) is 11.3 Å². The molecule has 0 unspecified atom stereocenters. The minimum Gasteiger partial charge on any atom is -0.482 e. The summed E-state index contributed by atoms with van der Waals surface area (Å²) >= 11 is 24.2. The van der Waals surface area contributed by atoms with Gasteiger partial charge in [0.2, 0.25) is 0 Å². The Morgan fingerprint density at radius 2 is 1.55 bits per heavy atom. The molecule has 3 rings (SSSR count). The Kier molecular flexibility index (Phi) is 7.51. The molecule has 8 heteroatoms. The summed E-state index contributed by atoms with van der Waals surface area (Å²) < 4.78 is 5.52. The second-order valence-corrected chi connectivity index (χ2v) is 7.77. The van der Waals surface area contributed by atoms with Gasteiger partial charge in [0.05, 0.1) is 15.7 Å². The first-order chi connectivity index (χ1) is 13.9. The molecule has 0 radical (unpaired) electrons. The summed E-state index contributed by atoms with van der Waals surface area (Å²) in [5.74, 6) is 0.123. The molecule has 29 heavy (non-hydrogen) atoms. The lowest BCUT2D eigenvalue weighted by molar-refractivity contribution is -0.118. The van der Waals surface area contributed by atoms with Crippen LogP contribution in [-0.4, -0.2) is 12.5 Å². The van der Waals surface area contributed by atoms with Crippen molar-refractivity contribution in [2.24, 2.45) is 0 Å². The Morgan fingerprint density at radius 3 is 2.24 bits per heavy atom. The van der Waals surface area contributed by atoms with Crippen LogP contribution in [0.2, 0.25) is 20.1 Å². The molecule has 0 saturated carbocycles. The lowest BCUT2D eigenvalue weighted by atomic mass is 10.2. The van der Waals surface area contributed by atoms with E-state index < -0.39 is 0 Å². The van der Waals surface area contributed by atoms with Gasteiger partial charge in [-0.2, -0.15) is 0 Å². The maximum Gasteiger partial charge on any atom is 0.262 e. The number of hydrogen-bond acceptors (Lipinski definition) is 3. The van der Waals surface area contributed by atoms with Crippen LogP contribution in [0.1, 0.15) is 5.56 Å². The highest BCUT2D eigenvalue weighted by Crippen LogP contribution is 2.28. The van der Waals surface area contributed by atoms with Crippen molar-refractivity contribution in [1.82, 2.24) is 0 Å². The Balaban J connectivity index is 1.53. The molecule has 0 heterocycles. The molecule has 0 aromatic heterocycles. The zero-order chi connectivity index (χ0) is 20.8. The van der Waals surface area contributed by atoms with Gasteiger partial charge in [0.25, 0.3) is 5.91 Å². The zero-order valence-corrected chi connectivity index (χ0v) is 18.0. The molecule has 1 amide bonds. The molecule has 0 aliphatic rings. The average molecular weight is 470 g/mol. The normalized spacial score (nSPS) is 10.5. The molecule has 0 atom stereocenters. The smallest absolute Gasteiger partial charge is 0.262 e. The molecule has 0 aliphatic heterocycles. The van der Waals surface area contributed by atoms with Crippen LogP contribution in [0, 0.1) is 0 Å². The number of halogens is 4. The van der Waals surface area contributed by atoms with Gasteiger partial charge < -0.3 is 15.4 Å². The summed E-state index contributed by atoms with van der Waals surface area (Å²) in [6.45, 7) is 0.346. The largest absolute Gasteiger partial charge is 0.482 e. The third-order valence-electron chi connectivity index (χ3n) is 3.90. The molecule has 3 aromatic rings. The lowest BCUT2D eigenvalue weighted by Gasteiger charge is -2.12. The van der Waals surface area contributed by atoms with Crippen LogP contribution in [0.25, 0.3) is 0 Å². The highest BCUT2D eigenvalue weighted by Gasteiger charge is 2.08. The van der Waals surface area contributed by atoms with Crippen molar-refractivity contribution in [2.75, 3.05) is 17.2 Å². The van der Waals surface area contributed by atoms with Crippen molar-refractivity contribution in [2.45, 2.75) is 6.54 Å². The first-order valence-electron chi connectivity index (χ1n) is 8.56. The van der Waals surface area contributed by atoms with Crippen LogP contribution >= 0.6 is 46.4 Å². The minimum atomic E-state index is -0.300. The molecule has 0 bridgehead atoms. The van der Waals surface area contributed by atoms with Crippen LogP contribution in [0.3, 0.4) is 0 Å². The number of amides is 1. The second kappa shape index (κ2) is 10.1. The van der Waals surface area contributed by atoms with Gasteiger partial charge in [0.15, 0.2) is 6.61 Å². The van der Waals surface area contributed by atoms with Crippen molar-refractivity contribution < 1.29 is 9.53 Å². The Labute approximate surface area is 188 Å². The van der Waals surface area contributed by atoms with Crippen molar-refractivity contribution in [3.05, 3.63) is 86.3 Å². The van der Waals surface area contributed by atoms with E-state index in [0.717, 1.165) is 11.3 Å². The summed E-state index contributed by atoms with van der Waals surface area (Å²) in [6, 6.07) is 17.4. The molecule has 150 valence electrons. The molecule has 0 saturated heterocycles. The SMILES string of the molecule is O=C(COc1ccc(CNc2ccc(Cl)cc2Cl)cc1Cl)Nc1ccc(Cl)cc1. The third-order valence-corrected chi connectivity index (χ3v) is 4.99. The van der Waals surface area contributed by atoms with E-state index >= 15 is 0 Å². The van der Waals surface area contributed by atoms with E-state index in [-0.39, 0.29) is 12.5 Å². The van der Waals surface area contributed by atoms with E-state index in [1.807, 2.05) is 12.1 Å². The van der Waals surface area contributed by atoms with E-state index in [1.54, 1.807) is 48.5 Å². The summed E-state index contributed by atoms with van der Waals surface area (Å²) in [4.78, 5) is 12.0. The first kappa shape index (κ1) is 21.6. The Hall–Kier alpha value is -2.11. The zero-order valence-electron chi connectivity index (χ0n) is 15.0. The number of anilines is 2. The van der Waals surface area contributed by atoms with E-state index in [9.17, 15) is 4.79 Å². The third kappa shape index (κ3) is 6.44. The standard InChI is InChI=1S/C21H16Cl4N2O2/c22-14-2-5-16(6-3-14)27-21(28)12-29-20-8-1-13(9-18(20)25)11-26-19-7-4-15(23)10-17(19)24/h1-10,26H,11-12H2,(H,27,28). The van der Waals surface area contributed by atoms with Gasteiger partial charge in [-0.3, -0.25) is 4.79 Å². The molecule has 3 aromatic carbocycles. The van der Waals surface area contributed by atoms with Gasteiger partial charge in [-0.1, -0.05) is 52.5 Å². The molecule has 0 aliphatic carbocycles. The quantitative estimate of drug-likeness (QED) is 0.394. The van der Waals surface area contributed by atoms with Crippen LogP contribution < -0.4 is 15.4 Å². The number of carbonyl (C=O) groups excluding carboxylic acids is 1. The number of hydrogen-bond donors (Lipinski definition) is 2. The summed E-state index contributed by atoms with van der Waals surface area (Å²) in [7, 11) is 0. The number of carbonyl (C=O) groups is 1. The fraction of sp³-hybridized carbons (Fsp3) is 0.0952. The molecule has 4 nitrogen and oxygen atoms in total. The fourth-order valence-corrected chi connectivity index (χ4v) is 3.33. The lowest BCUT2D eigenvalue weighted by Crippen LogP contribution is -2.20. The second-order valence-electron chi connectivity index (χ2n) is 6.09. The van der Waals surface area contributed by atoms with Crippen LogP contribution in [0.4, 0.5) is 11.4 Å². The first-order valence-corrected chi connectivity index (χ1v) is 10.1. The molecular formula is C21H16Cl4N2O2. The van der Waals surface area contributed by atoms with Crippen molar-refractivity contribution in [3.63, 3.8) is 0 Å². The predicted octanol–water partition coefficient (Wildman–Crippen LogP) is 6.93. The fourth-order valence-electron chi connectivity index (χ4n) is 2.48. The summed E-state index contributed by atoms with van der Waals surface area (Å²) in [5.41, 5.74) is 2.33. The van der Waals surface area contributed by atoms with Gasteiger partial charge in [0.1, 0.15) is 5.75 Å². The molecular weight excluding hydrogens is 454 g/mol. The van der Waals surface area contributed by atoms with Gasteiger partial charge in [-0.25, -0.2) is 0 Å². The predicted molar refractivity (Wildman–Crippen MR) is 121 cm³/mol. The van der Waals surface area contributed by atoms with Gasteiger partial charge >= 0.3 is 0 Å². The van der Waals surface area contributed by atoms with Gasteiger partial charge in [-0.05, 0) is 60.2 Å². The Bertz CT molecular complexity index is 1010. The maximum atomic E-state index is 12.0. The molecule has 0 fully saturated rings. The molecule has 2 N–H and O–H groups in total. The highest BCUT2D eigenvalue weighted by molar-refractivity contribution is 6.36. The number of benzene rings is 3.